The highest BCUT2D eigenvalue weighted by molar-refractivity contribution is 6.33. The van der Waals surface area contributed by atoms with Gasteiger partial charge in [0.15, 0.2) is 0 Å². The molecule has 1 N–H and O–H groups in total. The Morgan fingerprint density at radius 2 is 1.95 bits per heavy atom. The summed E-state index contributed by atoms with van der Waals surface area (Å²) < 4.78 is 0. The molecule has 0 bridgehead atoms. The van der Waals surface area contributed by atoms with Gasteiger partial charge in [0.1, 0.15) is 0 Å². The van der Waals surface area contributed by atoms with Gasteiger partial charge in [0.2, 0.25) is 0 Å². The Bertz CT molecular complexity index is 502. The Hall–Kier alpha value is -1.58. The molecule has 3 nitrogen and oxygen atoms in total. The summed E-state index contributed by atoms with van der Waals surface area (Å²) in [5, 5.41) is 4.09. The summed E-state index contributed by atoms with van der Waals surface area (Å²) in [5.41, 5.74) is 2.07. The number of anilines is 1. The van der Waals surface area contributed by atoms with E-state index in [0.29, 0.717) is 0 Å². The lowest BCUT2D eigenvalue weighted by atomic mass is 10.3. The largest absolute Gasteiger partial charge is 0.383 e. The molecule has 1 heterocycles. The lowest BCUT2D eigenvalue weighted by molar-refractivity contribution is 0.336. The fourth-order valence-electron chi connectivity index (χ4n) is 1.83. The fourth-order valence-corrected chi connectivity index (χ4v) is 2.04. The van der Waals surface area contributed by atoms with Crippen molar-refractivity contribution in [2.24, 2.45) is 0 Å². The summed E-state index contributed by atoms with van der Waals surface area (Å²) in [6.45, 7) is 2.64. The lowest BCUT2D eigenvalue weighted by Crippen LogP contribution is -2.25. The monoisotopic (exact) mass is 275 g/mol. The molecule has 2 aromatic rings. The molecule has 0 fully saturated rings. The third-order valence-electron chi connectivity index (χ3n) is 2.84. The van der Waals surface area contributed by atoms with E-state index >= 15 is 0 Å². The number of halogens is 1. The molecule has 100 valence electrons. The van der Waals surface area contributed by atoms with Gasteiger partial charge >= 0.3 is 0 Å². The van der Waals surface area contributed by atoms with Crippen LogP contribution in [-0.2, 0) is 6.54 Å². The summed E-state index contributed by atoms with van der Waals surface area (Å²) in [4.78, 5) is 6.54. The smallest absolute Gasteiger partial charge is 0.0637 e. The molecule has 0 spiro atoms. The number of rotatable bonds is 6. The van der Waals surface area contributed by atoms with Crippen molar-refractivity contribution in [2.45, 2.75) is 6.54 Å². The molecule has 0 atom stereocenters. The molecule has 1 aromatic carbocycles. The van der Waals surface area contributed by atoms with Gasteiger partial charge in [-0.3, -0.25) is 9.88 Å². The van der Waals surface area contributed by atoms with E-state index in [1.54, 1.807) is 0 Å². The van der Waals surface area contributed by atoms with Gasteiger partial charge in [0.05, 0.1) is 16.4 Å². The Labute approximate surface area is 119 Å². The van der Waals surface area contributed by atoms with E-state index in [4.69, 9.17) is 11.6 Å². The number of pyridine rings is 1. The maximum absolute atomic E-state index is 6.08. The molecule has 0 aliphatic rings. The van der Waals surface area contributed by atoms with Crippen molar-refractivity contribution < 1.29 is 0 Å². The number of para-hydroxylation sites is 1. The third-order valence-corrected chi connectivity index (χ3v) is 3.17. The fraction of sp³-hybridized carbons (Fsp3) is 0.267. The maximum Gasteiger partial charge on any atom is 0.0637 e. The van der Waals surface area contributed by atoms with E-state index in [-0.39, 0.29) is 0 Å². The van der Waals surface area contributed by atoms with Crippen molar-refractivity contribution in [1.29, 1.82) is 0 Å². The van der Waals surface area contributed by atoms with Gasteiger partial charge in [-0.15, -0.1) is 0 Å². The number of likely N-dealkylation sites (N-methyl/N-ethyl adjacent to an activating group) is 1. The first kappa shape index (κ1) is 13.8. The van der Waals surface area contributed by atoms with Gasteiger partial charge < -0.3 is 5.32 Å². The minimum absolute atomic E-state index is 0.759. The van der Waals surface area contributed by atoms with Gasteiger partial charge in [0.25, 0.3) is 0 Å². The van der Waals surface area contributed by atoms with Crippen LogP contribution in [0, 0.1) is 0 Å². The highest BCUT2D eigenvalue weighted by Gasteiger charge is 2.02. The average molecular weight is 276 g/mol. The molecule has 2 rings (SSSR count). The third kappa shape index (κ3) is 4.54. The van der Waals surface area contributed by atoms with Crippen LogP contribution in [0.15, 0.2) is 48.7 Å². The second-order valence-corrected chi connectivity index (χ2v) is 4.87. The van der Waals surface area contributed by atoms with E-state index in [1.165, 1.54) is 0 Å². The zero-order valence-corrected chi connectivity index (χ0v) is 11.8. The van der Waals surface area contributed by atoms with Crippen molar-refractivity contribution in [3.63, 3.8) is 0 Å². The lowest BCUT2D eigenvalue weighted by Gasteiger charge is -2.17. The summed E-state index contributed by atoms with van der Waals surface area (Å²) in [5.74, 6) is 0. The van der Waals surface area contributed by atoms with Crippen molar-refractivity contribution >= 4 is 17.3 Å². The van der Waals surface area contributed by atoms with Crippen molar-refractivity contribution in [3.8, 4) is 0 Å². The Kier molecular flexibility index (Phi) is 5.19. The number of hydrogen-bond donors (Lipinski definition) is 1. The summed E-state index contributed by atoms with van der Waals surface area (Å²) in [6.07, 6.45) is 1.82. The highest BCUT2D eigenvalue weighted by atomic mass is 35.5. The van der Waals surface area contributed by atoms with Crippen LogP contribution in [0.5, 0.6) is 0 Å². The molecular weight excluding hydrogens is 258 g/mol. The zero-order chi connectivity index (χ0) is 13.5. The highest BCUT2D eigenvalue weighted by Crippen LogP contribution is 2.19. The topological polar surface area (TPSA) is 28.2 Å². The Morgan fingerprint density at radius 1 is 1.16 bits per heavy atom. The van der Waals surface area contributed by atoms with E-state index in [1.807, 2.05) is 48.7 Å². The number of benzene rings is 1. The van der Waals surface area contributed by atoms with Gasteiger partial charge in [-0.1, -0.05) is 29.8 Å². The van der Waals surface area contributed by atoms with E-state index in [2.05, 4.69) is 22.2 Å². The van der Waals surface area contributed by atoms with Crippen LogP contribution in [0.1, 0.15) is 5.69 Å². The summed E-state index contributed by atoms with van der Waals surface area (Å²) in [7, 11) is 2.09. The molecule has 0 aliphatic heterocycles. The molecule has 0 aliphatic carbocycles. The average Bonchev–Trinajstić information content (AvgIpc) is 2.42. The predicted octanol–water partition coefficient (Wildman–Crippen LogP) is 3.28. The van der Waals surface area contributed by atoms with Crippen LogP contribution in [0.4, 0.5) is 5.69 Å². The molecule has 0 radical (unpaired) electrons. The quantitative estimate of drug-likeness (QED) is 0.877. The zero-order valence-electron chi connectivity index (χ0n) is 11.0. The van der Waals surface area contributed by atoms with Crippen molar-refractivity contribution in [1.82, 2.24) is 9.88 Å². The first-order valence-corrected chi connectivity index (χ1v) is 6.70. The summed E-state index contributed by atoms with van der Waals surface area (Å²) >= 11 is 6.08. The van der Waals surface area contributed by atoms with Gasteiger partial charge in [-0.25, -0.2) is 0 Å². The molecule has 1 aromatic heterocycles. The number of nitrogens with one attached hydrogen (secondary N) is 1. The van der Waals surface area contributed by atoms with E-state index in [9.17, 15) is 0 Å². The summed E-state index contributed by atoms with van der Waals surface area (Å²) in [6, 6.07) is 13.8. The number of nitrogens with zero attached hydrogens (tertiary/aromatic N) is 2. The number of hydrogen-bond acceptors (Lipinski definition) is 3. The minimum atomic E-state index is 0.759. The molecule has 0 amide bonds. The van der Waals surface area contributed by atoms with Crippen LogP contribution in [-0.4, -0.2) is 30.0 Å². The second-order valence-electron chi connectivity index (χ2n) is 4.47. The SMILES string of the molecule is CN(CCNc1ccccc1Cl)Cc1ccccn1. The standard InChI is InChI=1S/C15H18ClN3/c1-19(12-13-6-4-5-9-17-13)11-10-18-15-8-3-2-7-14(15)16/h2-9,18H,10-12H2,1H3. The van der Waals surface area contributed by atoms with Crippen LogP contribution < -0.4 is 5.32 Å². The van der Waals surface area contributed by atoms with Crippen molar-refractivity contribution in [3.05, 3.63) is 59.4 Å². The Balaban J connectivity index is 1.75. The first-order chi connectivity index (χ1) is 9.25. The van der Waals surface area contributed by atoms with Gasteiger partial charge in [0, 0.05) is 25.8 Å². The van der Waals surface area contributed by atoms with Crippen LogP contribution in [0.2, 0.25) is 5.02 Å². The van der Waals surface area contributed by atoms with Crippen molar-refractivity contribution in [2.75, 3.05) is 25.5 Å². The predicted molar refractivity (Wildman–Crippen MR) is 80.5 cm³/mol. The normalized spacial score (nSPS) is 10.7. The molecule has 0 unspecified atom stereocenters. The Morgan fingerprint density at radius 3 is 2.68 bits per heavy atom. The first-order valence-electron chi connectivity index (χ1n) is 6.32. The van der Waals surface area contributed by atoms with Crippen LogP contribution in [0.3, 0.4) is 0 Å². The molecule has 4 heteroatoms. The number of aromatic nitrogens is 1. The molecular formula is C15H18ClN3. The molecule has 0 saturated carbocycles. The molecule has 19 heavy (non-hydrogen) atoms. The second kappa shape index (κ2) is 7.12. The minimum Gasteiger partial charge on any atom is -0.383 e. The maximum atomic E-state index is 6.08. The van der Waals surface area contributed by atoms with Crippen LogP contribution >= 0.6 is 11.6 Å². The molecule has 0 saturated heterocycles. The van der Waals surface area contributed by atoms with Crippen LogP contribution in [0.25, 0.3) is 0 Å². The van der Waals surface area contributed by atoms with Gasteiger partial charge in [-0.05, 0) is 31.3 Å². The van der Waals surface area contributed by atoms with E-state index in [0.717, 1.165) is 36.0 Å². The van der Waals surface area contributed by atoms with Gasteiger partial charge in [-0.2, -0.15) is 0 Å². The van der Waals surface area contributed by atoms with E-state index < -0.39 is 0 Å².